The van der Waals surface area contributed by atoms with E-state index in [9.17, 15) is 4.79 Å². The largest absolute Gasteiger partial charge is 0.350 e. The molecule has 1 unspecified atom stereocenters. The summed E-state index contributed by atoms with van der Waals surface area (Å²) in [4.78, 5) is 19.8. The van der Waals surface area contributed by atoms with Crippen molar-refractivity contribution in [2.24, 2.45) is 0 Å². The first-order chi connectivity index (χ1) is 14.5. The zero-order valence-corrected chi connectivity index (χ0v) is 18.4. The van der Waals surface area contributed by atoms with Crippen LogP contribution in [-0.2, 0) is 6.54 Å². The van der Waals surface area contributed by atoms with Gasteiger partial charge in [0, 0.05) is 24.1 Å². The predicted octanol–water partition coefficient (Wildman–Crippen LogP) is 4.36. The minimum atomic E-state index is -0.0246. The highest BCUT2D eigenvalue weighted by molar-refractivity contribution is 5.95. The maximum atomic E-state index is 13.1. The van der Waals surface area contributed by atoms with Crippen LogP contribution in [0.2, 0.25) is 0 Å². The van der Waals surface area contributed by atoms with Crippen molar-refractivity contribution >= 4 is 5.91 Å². The molecule has 0 bridgehead atoms. The Bertz CT molecular complexity index is 946. The first-order valence-electron chi connectivity index (χ1n) is 10.7. The maximum Gasteiger partial charge on any atom is 0.253 e. The molecule has 5 nitrogen and oxygen atoms in total. The minimum absolute atomic E-state index is 0.0246. The Hall–Kier alpha value is -2.92. The summed E-state index contributed by atoms with van der Waals surface area (Å²) in [6.07, 6.45) is 1.80. The Kier molecular flexibility index (Phi) is 7.41. The molecular formula is C25H32N4O. The number of nitrogens with zero attached hydrogens (tertiary/aromatic N) is 3. The van der Waals surface area contributed by atoms with Crippen molar-refractivity contribution < 1.29 is 4.79 Å². The standard InChI is InChI=1S/C25H32N4O/c1-5-28(6-2)24(21-12-8-7-9-13-21)17-27-25(30)23-16-19(3)29(20(23)4)18-22-14-10-11-15-26-22/h7-16,24H,5-6,17-18H2,1-4H3,(H,27,30). The first-order valence-corrected chi connectivity index (χ1v) is 10.7. The van der Waals surface area contributed by atoms with Crippen LogP contribution < -0.4 is 5.32 Å². The van der Waals surface area contributed by atoms with Gasteiger partial charge < -0.3 is 9.88 Å². The van der Waals surface area contributed by atoms with Gasteiger partial charge in [-0.05, 0) is 50.7 Å². The van der Waals surface area contributed by atoms with E-state index < -0.39 is 0 Å². The highest BCUT2D eigenvalue weighted by Crippen LogP contribution is 2.21. The quantitative estimate of drug-likeness (QED) is 0.576. The number of likely N-dealkylation sites (N-methyl/N-ethyl adjacent to an activating group) is 1. The van der Waals surface area contributed by atoms with Crippen molar-refractivity contribution in [3.05, 3.63) is 89.0 Å². The summed E-state index contributed by atoms with van der Waals surface area (Å²) >= 11 is 0. The molecule has 0 aliphatic rings. The van der Waals surface area contributed by atoms with E-state index in [1.54, 1.807) is 6.20 Å². The number of benzene rings is 1. The molecule has 3 rings (SSSR count). The van der Waals surface area contributed by atoms with Gasteiger partial charge >= 0.3 is 0 Å². The Morgan fingerprint density at radius 1 is 1.07 bits per heavy atom. The van der Waals surface area contributed by atoms with Crippen molar-refractivity contribution in [2.75, 3.05) is 19.6 Å². The number of rotatable bonds is 9. The summed E-state index contributed by atoms with van der Waals surface area (Å²) in [5.41, 5.74) is 4.97. The Labute approximate surface area is 179 Å². The van der Waals surface area contributed by atoms with E-state index >= 15 is 0 Å². The normalized spacial score (nSPS) is 12.2. The number of aryl methyl sites for hydroxylation is 1. The number of nitrogens with one attached hydrogen (secondary N) is 1. The van der Waals surface area contributed by atoms with E-state index in [1.165, 1.54) is 5.56 Å². The van der Waals surface area contributed by atoms with Crippen molar-refractivity contribution in [3.63, 3.8) is 0 Å². The molecule has 0 spiro atoms. The van der Waals surface area contributed by atoms with Crippen LogP contribution in [0.15, 0.2) is 60.8 Å². The fourth-order valence-electron chi connectivity index (χ4n) is 4.01. The Morgan fingerprint density at radius 2 is 1.77 bits per heavy atom. The number of carbonyl (C=O) groups is 1. The van der Waals surface area contributed by atoms with Gasteiger partial charge in [-0.3, -0.25) is 14.7 Å². The lowest BCUT2D eigenvalue weighted by atomic mass is 10.0. The van der Waals surface area contributed by atoms with Crippen LogP contribution in [-0.4, -0.2) is 40.0 Å². The number of hydrogen-bond donors (Lipinski definition) is 1. The molecule has 0 saturated carbocycles. The highest BCUT2D eigenvalue weighted by atomic mass is 16.1. The second kappa shape index (κ2) is 10.2. The Balaban J connectivity index is 1.75. The van der Waals surface area contributed by atoms with Crippen LogP contribution in [0.5, 0.6) is 0 Å². The van der Waals surface area contributed by atoms with Gasteiger partial charge in [-0.15, -0.1) is 0 Å². The molecule has 2 aromatic heterocycles. The molecule has 0 radical (unpaired) electrons. The van der Waals surface area contributed by atoms with Crippen molar-refractivity contribution in [2.45, 2.75) is 40.3 Å². The van der Waals surface area contributed by atoms with Gasteiger partial charge in [-0.1, -0.05) is 50.2 Å². The van der Waals surface area contributed by atoms with Crippen LogP contribution in [0.25, 0.3) is 0 Å². The average molecular weight is 405 g/mol. The van der Waals surface area contributed by atoms with E-state index in [-0.39, 0.29) is 11.9 Å². The average Bonchev–Trinajstić information content (AvgIpc) is 3.06. The molecule has 0 aliphatic heterocycles. The van der Waals surface area contributed by atoms with Gasteiger partial charge in [0.25, 0.3) is 5.91 Å². The van der Waals surface area contributed by atoms with Crippen LogP contribution in [0.4, 0.5) is 0 Å². The Morgan fingerprint density at radius 3 is 2.40 bits per heavy atom. The second-order valence-corrected chi connectivity index (χ2v) is 7.55. The van der Waals surface area contributed by atoms with Gasteiger partial charge in [0.15, 0.2) is 0 Å². The SMILES string of the molecule is CCN(CC)C(CNC(=O)c1cc(C)n(Cc2ccccn2)c1C)c1ccccc1. The van der Waals surface area contributed by atoms with Gasteiger partial charge in [0.2, 0.25) is 0 Å². The van der Waals surface area contributed by atoms with E-state index in [4.69, 9.17) is 0 Å². The van der Waals surface area contributed by atoms with Crippen LogP contribution in [0.1, 0.15) is 52.9 Å². The molecule has 30 heavy (non-hydrogen) atoms. The molecule has 1 atom stereocenters. The van der Waals surface area contributed by atoms with Gasteiger partial charge in [0.05, 0.1) is 23.8 Å². The second-order valence-electron chi connectivity index (χ2n) is 7.55. The molecule has 1 N–H and O–H groups in total. The molecule has 0 fully saturated rings. The van der Waals surface area contributed by atoms with Crippen LogP contribution >= 0.6 is 0 Å². The summed E-state index contributed by atoms with van der Waals surface area (Å²) in [6.45, 7) is 11.5. The number of amides is 1. The molecule has 3 aromatic rings. The van der Waals surface area contributed by atoms with Crippen LogP contribution in [0, 0.1) is 13.8 Å². The van der Waals surface area contributed by atoms with E-state index in [0.29, 0.717) is 13.1 Å². The number of aromatic nitrogens is 2. The zero-order chi connectivity index (χ0) is 21.5. The molecule has 1 amide bonds. The summed E-state index contributed by atoms with van der Waals surface area (Å²) in [6, 6.07) is 18.4. The molecule has 0 saturated heterocycles. The zero-order valence-electron chi connectivity index (χ0n) is 18.4. The molecule has 2 heterocycles. The maximum absolute atomic E-state index is 13.1. The third-order valence-electron chi connectivity index (χ3n) is 5.76. The number of pyridine rings is 1. The van der Waals surface area contributed by atoms with Gasteiger partial charge in [0.1, 0.15) is 0 Å². The molecular weight excluding hydrogens is 372 g/mol. The van der Waals surface area contributed by atoms with E-state index in [0.717, 1.165) is 35.7 Å². The summed E-state index contributed by atoms with van der Waals surface area (Å²) in [7, 11) is 0. The van der Waals surface area contributed by atoms with E-state index in [2.05, 4.69) is 57.9 Å². The summed E-state index contributed by atoms with van der Waals surface area (Å²) in [5, 5.41) is 3.18. The first kappa shape index (κ1) is 21.8. The smallest absolute Gasteiger partial charge is 0.253 e. The number of carbonyl (C=O) groups excluding carboxylic acids is 1. The highest BCUT2D eigenvalue weighted by Gasteiger charge is 2.21. The minimum Gasteiger partial charge on any atom is -0.350 e. The molecule has 5 heteroatoms. The lowest BCUT2D eigenvalue weighted by Crippen LogP contribution is -2.38. The third-order valence-corrected chi connectivity index (χ3v) is 5.76. The fourth-order valence-corrected chi connectivity index (χ4v) is 4.01. The van der Waals surface area contributed by atoms with Gasteiger partial charge in [-0.25, -0.2) is 0 Å². The van der Waals surface area contributed by atoms with Crippen molar-refractivity contribution in [1.82, 2.24) is 19.8 Å². The van der Waals surface area contributed by atoms with E-state index in [1.807, 2.05) is 44.2 Å². The molecule has 1 aromatic carbocycles. The lowest BCUT2D eigenvalue weighted by Gasteiger charge is -2.30. The summed E-state index contributed by atoms with van der Waals surface area (Å²) in [5.74, 6) is -0.0246. The van der Waals surface area contributed by atoms with Crippen LogP contribution in [0.3, 0.4) is 0 Å². The predicted molar refractivity (Wildman–Crippen MR) is 122 cm³/mol. The monoisotopic (exact) mass is 404 g/mol. The molecule has 0 aliphatic carbocycles. The summed E-state index contributed by atoms with van der Waals surface area (Å²) < 4.78 is 2.15. The fraction of sp³-hybridized carbons (Fsp3) is 0.360. The van der Waals surface area contributed by atoms with Crippen molar-refractivity contribution in [3.8, 4) is 0 Å². The third kappa shape index (κ3) is 4.97. The lowest BCUT2D eigenvalue weighted by molar-refractivity contribution is 0.0934. The van der Waals surface area contributed by atoms with Crippen molar-refractivity contribution in [1.29, 1.82) is 0 Å². The molecule has 158 valence electrons. The topological polar surface area (TPSA) is 50.2 Å². The number of hydrogen-bond acceptors (Lipinski definition) is 3. The van der Waals surface area contributed by atoms with Gasteiger partial charge in [-0.2, -0.15) is 0 Å².